The number of alkyl halides is 3. The van der Waals surface area contributed by atoms with Gasteiger partial charge in [0.25, 0.3) is 0 Å². The number of halogens is 3. The maximum absolute atomic E-state index is 12.4. The number of rotatable bonds is 6. The smallest absolute Gasteiger partial charge is 0.465 e. The highest BCUT2D eigenvalue weighted by Crippen LogP contribution is 2.26. The molecule has 166 valence electrons. The molecule has 0 aromatic heterocycles. The summed E-state index contributed by atoms with van der Waals surface area (Å²) in [5, 5.41) is 2.37. The maximum Gasteiger partial charge on any atom is 0.573 e. The van der Waals surface area contributed by atoms with Crippen molar-refractivity contribution in [2.24, 2.45) is 0 Å². The summed E-state index contributed by atoms with van der Waals surface area (Å²) in [7, 11) is 1.27. The van der Waals surface area contributed by atoms with Gasteiger partial charge in [-0.3, -0.25) is 5.32 Å². The predicted molar refractivity (Wildman–Crippen MR) is 110 cm³/mol. The molecule has 1 N–H and O–H groups in total. The molecule has 2 aromatic rings. The summed E-state index contributed by atoms with van der Waals surface area (Å²) < 4.78 is 50.5. The zero-order valence-electron chi connectivity index (χ0n) is 16.6. The van der Waals surface area contributed by atoms with Crippen molar-refractivity contribution in [3.05, 3.63) is 59.7 Å². The number of benzene rings is 2. The minimum absolute atomic E-state index is 0.0278. The lowest BCUT2D eigenvalue weighted by atomic mass is 10.1. The monoisotopic (exact) mass is 456 g/mol. The molecule has 0 radical (unpaired) electrons. The van der Waals surface area contributed by atoms with Crippen molar-refractivity contribution in [3.8, 4) is 5.75 Å². The van der Waals surface area contributed by atoms with Gasteiger partial charge in [0, 0.05) is 5.69 Å². The van der Waals surface area contributed by atoms with E-state index in [1.807, 2.05) is 0 Å². The lowest BCUT2D eigenvalue weighted by Crippen LogP contribution is -2.42. The van der Waals surface area contributed by atoms with Crippen molar-refractivity contribution < 1.29 is 37.0 Å². The second-order valence-corrected chi connectivity index (χ2v) is 6.35. The van der Waals surface area contributed by atoms with Gasteiger partial charge < -0.3 is 19.1 Å². The highest BCUT2D eigenvalue weighted by atomic mass is 32.1. The molecule has 31 heavy (non-hydrogen) atoms. The third-order valence-corrected chi connectivity index (χ3v) is 4.15. The largest absolute Gasteiger partial charge is 0.573 e. The van der Waals surface area contributed by atoms with E-state index in [-0.39, 0.29) is 18.3 Å². The molecule has 0 spiro atoms. The van der Waals surface area contributed by atoms with Crippen LogP contribution in [0, 0.1) is 0 Å². The van der Waals surface area contributed by atoms with Crippen LogP contribution in [-0.4, -0.2) is 37.3 Å². The highest BCUT2D eigenvalue weighted by Gasteiger charge is 2.31. The number of carbonyl (C=O) groups is 2. The van der Waals surface area contributed by atoms with Gasteiger partial charge in [-0.1, -0.05) is 12.1 Å². The summed E-state index contributed by atoms with van der Waals surface area (Å²) >= 11 is 5.28. The van der Waals surface area contributed by atoms with E-state index in [1.54, 1.807) is 31.2 Å². The number of nitrogens with zero attached hydrogens (tertiary/aromatic N) is 1. The molecule has 0 bridgehead atoms. The third kappa shape index (κ3) is 7.45. The Hall–Kier alpha value is -3.34. The van der Waals surface area contributed by atoms with Crippen LogP contribution in [0.5, 0.6) is 5.75 Å². The Morgan fingerprint density at radius 2 is 1.68 bits per heavy atom. The van der Waals surface area contributed by atoms with E-state index in [0.717, 1.165) is 12.1 Å². The number of hydrogen-bond donors (Lipinski definition) is 1. The summed E-state index contributed by atoms with van der Waals surface area (Å²) in [4.78, 5) is 24.8. The summed E-state index contributed by atoms with van der Waals surface area (Å²) in [6.45, 7) is 1.90. The van der Waals surface area contributed by atoms with Gasteiger partial charge in [0.2, 0.25) is 0 Å². The Kier molecular flexibility index (Phi) is 8.20. The van der Waals surface area contributed by atoms with Crippen LogP contribution >= 0.6 is 12.2 Å². The lowest BCUT2D eigenvalue weighted by Gasteiger charge is -2.26. The number of ether oxygens (including phenoxy) is 3. The number of nitrogens with one attached hydrogen (secondary N) is 1. The third-order valence-electron chi connectivity index (χ3n) is 3.83. The first kappa shape index (κ1) is 23.9. The molecule has 7 nitrogen and oxygen atoms in total. The first-order valence-corrected chi connectivity index (χ1v) is 9.32. The van der Waals surface area contributed by atoms with E-state index < -0.39 is 24.2 Å². The zero-order valence-corrected chi connectivity index (χ0v) is 17.4. The van der Waals surface area contributed by atoms with Crippen molar-refractivity contribution in [1.82, 2.24) is 5.32 Å². The van der Waals surface area contributed by atoms with Crippen molar-refractivity contribution in [2.45, 2.75) is 19.8 Å². The molecule has 0 aliphatic carbocycles. The molecule has 0 aliphatic rings. The molecule has 1 amide bonds. The van der Waals surface area contributed by atoms with Crippen molar-refractivity contribution in [1.29, 1.82) is 0 Å². The summed E-state index contributed by atoms with van der Waals surface area (Å²) in [5.41, 5.74) is 1.45. The average Bonchev–Trinajstić information content (AvgIpc) is 2.71. The van der Waals surface area contributed by atoms with Crippen molar-refractivity contribution >= 4 is 35.1 Å². The fourth-order valence-corrected chi connectivity index (χ4v) is 2.73. The minimum Gasteiger partial charge on any atom is -0.465 e. The van der Waals surface area contributed by atoms with E-state index in [0.29, 0.717) is 16.8 Å². The molecule has 0 fully saturated rings. The van der Waals surface area contributed by atoms with E-state index >= 15 is 0 Å². The number of alkyl carbamates (subject to hydrolysis) is 1. The van der Waals surface area contributed by atoms with Gasteiger partial charge in [-0.25, -0.2) is 9.59 Å². The number of methoxy groups -OCH3 is 1. The number of carbonyl (C=O) groups excluding carboxylic acids is 2. The predicted octanol–water partition coefficient (Wildman–Crippen LogP) is 4.41. The first-order valence-electron chi connectivity index (χ1n) is 8.91. The molecular weight excluding hydrogens is 437 g/mol. The van der Waals surface area contributed by atoms with Gasteiger partial charge in [0.15, 0.2) is 5.11 Å². The second-order valence-electron chi connectivity index (χ2n) is 5.97. The quantitative estimate of drug-likeness (QED) is 0.510. The molecule has 0 atom stereocenters. The van der Waals surface area contributed by atoms with Gasteiger partial charge in [-0.2, -0.15) is 0 Å². The second kappa shape index (κ2) is 10.6. The van der Waals surface area contributed by atoms with E-state index in [9.17, 15) is 22.8 Å². The molecule has 0 unspecified atom stereocenters. The summed E-state index contributed by atoms with van der Waals surface area (Å²) in [5.74, 6) is -0.897. The van der Waals surface area contributed by atoms with Crippen LogP contribution in [0.15, 0.2) is 48.5 Å². The Bertz CT molecular complexity index is 918. The average molecular weight is 456 g/mol. The Balaban J connectivity index is 2.27. The Labute approximate surface area is 181 Å². The van der Waals surface area contributed by atoms with Crippen LogP contribution in [-0.2, 0) is 16.0 Å². The lowest BCUT2D eigenvalue weighted by molar-refractivity contribution is -0.274. The van der Waals surface area contributed by atoms with Gasteiger partial charge in [-0.15, -0.1) is 13.2 Å². The first-order chi connectivity index (χ1) is 14.6. The molecule has 0 heterocycles. The maximum atomic E-state index is 12.4. The van der Waals surface area contributed by atoms with Crippen LogP contribution in [0.25, 0.3) is 0 Å². The fourth-order valence-electron chi connectivity index (χ4n) is 2.48. The minimum atomic E-state index is -4.82. The zero-order chi connectivity index (χ0) is 23.0. The van der Waals surface area contributed by atoms with Crippen LogP contribution in [0.1, 0.15) is 22.8 Å². The van der Waals surface area contributed by atoms with E-state index in [1.165, 1.54) is 24.1 Å². The molecule has 0 saturated heterocycles. The van der Waals surface area contributed by atoms with E-state index in [2.05, 4.69) is 14.8 Å². The molecule has 2 rings (SSSR count). The Morgan fingerprint density at radius 3 is 2.19 bits per heavy atom. The van der Waals surface area contributed by atoms with Gasteiger partial charge in [0.05, 0.1) is 25.8 Å². The van der Waals surface area contributed by atoms with E-state index in [4.69, 9.17) is 17.0 Å². The van der Waals surface area contributed by atoms with Crippen molar-refractivity contribution in [2.75, 3.05) is 18.6 Å². The highest BCUT2D eigenvalue weighted by molar-refractivity contribution is 7.80. The van der Waals surface area contributed by atoms with Crippen LogP contribution in [0.4, 0.5) is 23.7 Å². The van der Waals surface area contributed by atoms with Gasteiger partial charge in [0.1, 0.15) is 5.75 Å². The molecule has 11 heteroatoms. The topological polar surface area (TPSA) is 77.1 Å². The number of anilines is 1. The number of hydrogen-bond acceptors (Lipinski definition) is 6. The summed E-state index contributed by atoms with van der Waals surface area (Å²) in [6.07, 6.45) is -5.58. The normalized spacial score (nSPS) is 10.7. The van der Waals surface area contributed by atoms with Crippen LogP contribution in [0.2, 0.25) is 0 Å². The number of esters is 1. The van der Waals surface area contributed by atoms with Crippen LogP contribution < -0.4 is 15.0 Å². The SMILES string of the molecule is CCOC(=O)NC(=S)N(Cc1ccc(C(=O)OC)cc1)c1ccc(OC(F)(F)F)cc1. The molecule has 2 aromatic carbocycles. The Morgan fingerprint density at radius 1 is 1.06 bits per heavy atom. The number of thiocarbonyl (C=S) groups is 1. The van der Waals surface area contributed by atoms with Gasteiger partial charge >= 0.3 is 18.4 Å². The van der Waals surface area contributed by atoms with Gasteiger partial charge in [-0.05, 0) is 61.1 Å². The fraction of sp³-hybridized carbons (Fsp3) is 0.250. The van der Waals surface area contributed by atoms with Crippen LogP contribution in [0.3, 0.4) is 0 Å². The molecule has 0 saturated carbocycles. The molecule has 0 aliphatic heterocycles. The summed E-state index contributed by atoms with van der Waals surface area (Å²) in [6, 6.07) is 11.4. The standard InChI is InChI=1S/C20H19F3N2O5S/c1-3-29-19(27)24-18(31)25(12-13-4-6-14(7-5-13)17(26)28-2)15-8-10-16(11-9-15)30-20(21,22)23/h4-11H,3,12H2,1-2H3,(H,24,27,31). The molecular formula is C20H19F3N2O5S. The number of amides is 1. The van der Waals surface area contributed by atoms with Crippen molar-refractivity contribution in [3.63, 3.8) is 0 Å².